The lowest BCUT2D eigenvalue weighted by molar-refractivity contribution is 0.0393. The van der Waals surface area contributed by atoms with Crippen LogP contribution in [0.15, 0.2) is 24.4 Å². The van der Waals surface area contributed by atoms with Crippen LogP contribution in [0.25, 0.3) is 0 Å². The average Bonchev–Trinajstić information content (AvgIpc) is 3.50. The lowest BCUT2D eigenvalue weighted by Crippen LogP contribution is -2.27. The number of ether oxygens (including phenoxy) is 2. The van der Waals surface area contributed by atoms with Gasteiger partial charge in [0.25, 0.3) is 5.91 Å². The zero-order valence-corrected chi connectivity index (χ0v) is 15.7. The van der Waals surface area contributed by atoms with Crippen molar-refractivity contribution in [2.45, 2.75) is 31.9 Å². The highest BCUT2D eigenvalue weighted by atomic mass is 16.5. The molecule has 1 aliphatic heterocycles. The number of benzene rings is 1. The molecule has 0 radical (unpaired) electrons. The molecule has 2 heterocycles. The molecule has 1 aromatic carbocycles. The van der Waals surface area contributed by atoms with Crippen LogP contribution >= 0.6 is 0 Å². The second-order valence-electron chi connectivity index (χ2n) is 6.84. The topological polar surface area (TPSA) is 123 Å². The number of fused-ring (bicyclic) bond motifs is 1. The fourth-order valence-electron chi connectivity index (χ4n) is 2.96. The maximum Gasteiger partial charge on any atom is 0.254 e. The number of anilines is 4. The molecule has 0 bridgehead atoms. The molecule has 1 aromatic heterocycles. The number of nitrogens with one attached hydrogen (secondary N) is 3. The summed E-state index contributed by atoms with van der Waals surface area (Å²) in [6.07, 6.45) is 3.57. The van der Waals surface area contributed by atoms with Crippen molar-refractivity contribution in [2.24, 2.45) is 5.73 Å². The fourth-order valence-corrected chi connectivity index (χ4v) is 2.96. The Hall–Kier alpha value is -3.07. The predicted octanol–water partition coefficient (Wildman–Crippen LogP) is 2.10. The van der Waals surface area contributed by atoms with Gasteiger partial charge in [-0.05, 0) is 38.0 Å². The van der Waals surface area contributed by atoms with E-state index in [9.17, 15) is 4.79 Å². The van der Waals surface area contributed by atoms with E-state index >= 15 is 0 Å². The Labute approximate surface area is 163 Å². The van der Waals surface area contributed by atoms with E-state index in [-0.39, 0.29) is 11.7 Å². The van der Waals surface area contributed by atoms with Crippen LogP contribution in [0.5, 0.6) is 5.75 Å². The van der Waals surface area contributed by atoms with Gasteiger partial charge in [0.2, 0.25) is 5.95 Å². The van der Waals surface area contributed by atoms with Gasteiger partial charge in [-0.3, -0.25) is 4.79 Å². The van der Waals surface area contributed by atoms with E-state index in [2.05, 4.69) is 25.9 Å². The van der Waals surface area contributed by atoms with Crippen molar-refractivity contribution in [1.82, 2.24) is 9.97 Å². The molecule has 2 aromatic rings. The first-order valence-corrected chi connectivity index (χ1v) is 9.45. The number of carbonyl (C=O) groups excluding carboxylic acids is 1. The van der Waals surface area contributed by atoms with E-state index in [4.69, 9.17) is 15.2 Å². The van der Waals surface area contributed by atoms with E-state index in [1.165, 1.54) is 6.20 Å². The first-order valence-electron chi connectivity index (χ1n) is 9.45. The molecule has 1 unspecified atom stereocenters. The summed E-state index contributed by atoms with van der Waals surface area (Å²) >= 11 is 0. The minimum atomic E-state index is -0.551. The summed E-state index contributed by atoms with van der Waals surface area (Å²) in [6.45, 7) is 3.79. The number of carbonyl (C=O) groups is 1. The molecule has 1 saturated carbocycles. The maximum absolute atomic E-state index is 11.6. The summed E-state index contributed by atoms with van der Waals surface area (Å²) in [6, 6.07) is 6.05. The molecule has 148 valence electrons. The van der Waals surface area contributed by atoms with Gasteiger partial charge in [-0.2, -0.15) is 4.98 Å². The monoisotopic (exact) mass is 384 g/mol. The highest BCUT2D eigenvalue weighted by Gasteiger charge is 2.24. The van der Waals surface area contributed by atoms with E-state index in [0.29, 0.717) is 37.6 Å². The number of nitrogens with two attached hydrogens (primary N) is 1. The molecule has 0 spiro atoms. The van der Waals surface area contributed by atoms with E-state index < -0.39 is 5.91 Å². The van der Waals surface area contributed by atoms with Gasteiger partial charge in [0.15, 0.2) is 0 Å². The maximum atomic E-state index is 11.6. The molecule has 2 aliphatic rings. The van der Waals surface area contributed by atoms with Crippen molar-refractivity contribution in [1.29, 1.82) is 0 Å². The summed E-state index contributed by atoms with van der Waals surface area (Å²) in [5.41, 5.74) is 7.39. The Kier molecular flexibility index (Phi) is 5.16. The third-order valence-corrected chi connectivity index (χ3v) is 4.56. The molecule has 1 aliphatic carbocycles. The summed E-state index contributed by atoms with van der Waals surface area (Å²) in [5, 5.41) is 9.75. The smallest absolute Gasteiger partial charge is 0.254 e. The number of rotatable bonds is 7. The highest BCUT2D eigenvalue weighted by Crippen LogP contribution is 2.31. The Morgan fingerprint density at radius 3 is 3.04 bits per heavy atom. The largest absolute Gasteiger partial charge is 0.489 e. The second kappa shape index (κ2) is 7.89. The standard InChI is InChI=1S/C19H24N6O3/c1-2-27-13-8-21-15-7-12(5-6-16(15)28-10-13)24-19-22-9-14(17(20)26)18(25-19)23-11-3-4-11/h5-7,9,11,13,21H,2-4,8,10H2,1H3,(H2,20,26)(H2,22,23,24,25). The zero-order chi connectivity index (χ0) is 19.5. The SMILES string of the molecule is CCOC1CNc2cc(Nc3ncc(C(N)=O)c(NC4CC4)n3)ccc2OC1. The zero-order valence-electron chi connectivity index (χ0n) is 15.7. The molecule has 28 heavy (non-hydrogen) atoms. The van der Waals surface area contributed by atoms with Crippen LogP contribution < -0.4 is 26.4 Å². The number of amides is 1. The van der Waals surface area contributed by atoms with Crippen molar-refractivity contribution in [3.63, 3.8) is 0 Å². The van der Waals surface area contributed by atoms with Gasteiger partial charge in [0.05, 0.1) is 11.3 Å². The van der Waals surface area contributed by atoms with Gasteiger partial charge in [-0.1, -0.05) is 0 Å². The van der Waals surface area contributed by atoms with Gasteiger partial charge in [-0.25, -0.2) is 4.98 Å². The van der Waals surface area contributed by atoms with Crippen molar-refractivity contribution < 1.29 is 14.3 Å². The quantitative estimate of drug-likeness (QED) is 0.572. The van der Waals surface area contributed by atoms with Crippen LogP contribution in [-0.2, 0) is 4.74 Å². The Bertz CT molecular complexity index is 871. The Morgan fingerprint density at radius 1 is 1.43 bits per heavy atom. The average molecular weight is 384 g/mol. The number of nitrogens with zero attached hydrogens (tertiary/aromatic N) is 2. The first-order chi connectivity index (χ1) is 13.6. The Balaban J connectivity index is 1.51. The van der Waals surface area contributed by atoms with Crippen molar-refractivity contribution in [2.75, 3.05) is 35.7 Å². The summed E-state index contributed by atoms with van der Waals surface area (Å²) in [7, 11) is 0. The van der Waals surface area contributed by atoms with Crippen LogP contribution in [0.2, 0.25) is 0 Å². The molecule has 1 atom stereocenters. The van der Waals surface area contributed by atoms with Gasteiger partial charge in [0.1, 0.15) is 24.3 Å². The summed E-state index contributed by atoms with van der Waals surface area (Å²) < 4.78 is 11.5. The van der Waals surface area contributed by atoms with Crippen molar-refractivity contribution in [3.8, 4) is 5.75 Å². The van der Waals surface area contributed by atoms with Crippen LogP contribution in [0, 0.1) is 0 Å². The van der Waals surface area contributed by atoms with Crippen LogP contribution in [0.4, 0.5) is 23.1 Å². The second-order valence-corrected chi connectivity index (χ2v) is 6.84. The first kappa shape index (κ1) is 18.3. The molecule has 4 rings (SSSR count). The van der Waals surface area contributed by atoms with Gasteiger partial charge in [0, 0.05) is 31.1 Å². The van der Waals surface area contributed by atoms with E-state index in [1.807, 2.05) is 25.1 Å². The Morgan fingerprint density at radius 2 is 2.29 bits per heavy atom. The third-order valence-electron chi connectivity index (χ3n) is 4.56. The molecule has 1 fully saturated rings. The molecule has 9 nitrogen and oxygen atoms in total. The molecule has 5 N–H and O–H groups in total. The van der Waals surface area contributed by atoms with Crippen LogP contribution in [-0.4, -0.2) is 47.8 Å². The summed E-state index contributed by atoms with van der Waals surface area (Å²) in [4.78, 5) is 20.3. The van der Waals surface area contributed by atoms with Gasteiger partial charge >= 0.3 is 0 Å². The van der Waals surface area contributed by atoms with E-state index in [1.54, 1.807) is 0 Å². The molecular weight excluding hydrogens is 360 g/mol. The van der Waals surface area contributed by atoms with Gasteiger partial charge < -0.3 is 31.2 Å². The third kappa shape index (κ3) is 4.25. The van der Waals surface area contributed by atoms with E-state index in [0.717, 1.165) is 30.0 Å². The minimum Gasteiger partial charge on any atom is -0.489 e. The van der Waals surface area contributed by atoms with Gasteiger partial charge in [-0.15, -0.1) is 0 Å². The van der Waals surface area contributed by atoms with Crippen LogP contribution in [0.1, 0.15) is 30.1 Å². The lowest BCUT2D eigenvalue weighted by atomic mass is 10.2. The molecule has 9 heteroatoms. The molecule has 0 saturated heterocycles. The number of hydrogen-bond acceptors (Lipinski definition) is 8. The number of aromatic nitrogens is 2. The number of primary amides is 1. The predicted molar refractivity (Wildman–Crippen MR) is 106 cm³/mol. The minimum absolute atomic E-state index is 0.00884. The van der Waals surface area contributed by atoms with Crippen LogP contribution in [0.3, 0.4) is 0 Å². The highest BCUT2D eigenvalue weighted by molar-refractivity contribution is 5.97. The molecular formula is C19H24N6O3. The summed E-state index contributed by atoms with van der Waals surface area (Å²) in [5.74, 6) is 1.07. The fraction of sp³-hybridized carbons (Fsp3) is 0.421. The van der Waals surface area contributed by atoms with Crippen molar-refractivity contribution in [3.05, 3.63) is 30.0 Å². The lowest BCUT2D eigenvalue weighted by Gasteiger charge is -2.13. The molecule has 1 amide bonds. The number of hydrogen-bond donors (Lipinski definition) is 4. The van der Waals surface area contributed by atoms with Crippen molar-refractivity contribution >= 4 is 29.0 Å². The normalized spacial score (nSPS) is 18.2.